The lowest BCUT2D eigenvalue weighted by Gasteiger charge is -2.11. The summed E-state index contributed by atoms with van der Waals surface area (Å²) in [6.45, 7) is 1.43. The van der Waals surface area contributed by atoms with E-state index in [4.69, 9.17) is 9.47 Å². The highest BCUT2D eigenvalue weighted by atomic mass is 32.2. The Hall–Kier alpha value is -2.67. The van der Waals surface area contributed by atoms with Gasteiger partial charge in [-0.1, -0.05) is 18.2 Å². The van der Waals surface area contributed by atoms with E-state index in [9.17, 15) is 13.8 Å². The number of anilines is 1. The van der Waals surface area contributed by atoms with Gasteiger partial charge in [-0.3, -0.25) is 9.00 Å². The Morgan fingerprint density at radius 3 is 2.56 bits per heavy atom. The molecule has 1 N–H and O–H groups in total. The molecule has 1 amide bonds. The molecule has 0 aromatic heterocycles. The molecular formula is C18H19NO5S. The zero-order valence-corrected chi connectivity index (χ0v) is 15.0. The average Bonchev–Trinajstić information content (AvgIpc) is 2.60. The summed E-state index contributed by atoms with van der Waals surface area (Å²) in [5.74, 6) is -0.679. The number of esters is 1. The Labute approximate surface area is 148 Å². The lowest BCUT2D eigenvalue weighted by atomic mass is 10.2. The molecule has 0 aliphatic carbocycles. The minimum atomic E-state index is -1.33. The fourth-order valence-electron chi connectivity index (χ4n) is 2.20. The fourth-order valence-corrected chi connectivity index (χ4v) is 2.93. The third kappa shape index (κ3) is 4.90. The SMILES string of the molecule is COc1ccc(C)cc1NC(=O)COC(=O)c1ccccc1[S@@](C)=O. The highest BCUT2D eigenvalue weighted by Crippen LogP contribution is 2.25. The first kappa shape index (κ1) is 18.7. The number of hydrogen-bond acceptors (Lipinski definition) is 5. The molecule has 0 aliphatic rings. The van der Waals surface area contributed by atoms with E-state index in [2.05, 4.69) is 5.32 Å². The van der Waals surface area contributed by atoms with Crippen molar-refractivity contribution in [3.63, 3.8) is 0 Å². The van der Waals surface area contributed by atoms with Crippen LogP contribution in [-0.2, 0) is 20.3 Å². The van der Waals surface area contributed by atoms with Gasteiger partial charge in [-0.25, -0.2) is 4.79 Å². The van der Waals surface area contributed by atoms with Gasteiger partial charge in [-0.2, -0.15) is 0 Å². The summed E-state index contributed by atoms with van der Waals surface area (Å²) in [5, 5.41) is 2.65. The molecule has 0 radical (unpaired) electrons. The lowest BCUT2D eigenvalue weighted by molar-refractivity contribution is -0.119. The summed E-state index contributed by atoms with van der Waals surface area (Å²) in [6.07, 6.45) is 1.48. The van der Waals surface area contributed by atoms with Crippen LogP contribution in [0.25, 0.3) is 0 Å². The maximum Gasteiger partial charge on any atom is 0.339 e. The third-order valence-corrected chi connectivity index (χ3v) is 4.36. The van der Waals surface area contributed by atoms with E-state index in [0.29, 0.717) is 16.3 Å². The van der Waals surface area contributed by atoms with Gasteiger partial charge in [0.2, 0.25) is 0 Å². The third-order valence-electron chi connectivity index (χ3n) is 3.38. The molecule has 2 aromatic rings. The monoisotopic (exact) mass is 361 g/mol. The highest BCUT2D eigenvalue weighted by molar-refractivity contribution is 7.84. The van der Waals surface area contributed by atoms with Gasteiger partial charge in [0.1, 0.15) is 5.75 Å². The normalized spacial score (nSPS) is 11.5. The van der Waals surface area contributed by atoms with E-state index in [1.807, 2.05) is 13.0 Å². The molecule has 0 saturated carbocycles. The Morgan fingerprint density at radius 2 is 1.88 bits per heavy atom. The topological polar surface area (TPSA) is 81.7 Å². The number of carbonyl (C=O) groups excluding carboxylic acids is 2. The number of aryl methyl sites for hydroxylation is 1. The van der Waals surface area contributed by atoms with Crippen molar-refractivity contribution >= 4 is 28.4 Å². The van der Waals surface area contributed by atoms with Gasteiger partial charge in [0.25, 0.3) is 5.91 Å². The fraction of sp³-hybridized carbons (Fsp3) is 0.222. The van der Waals surface area contributed by atoms with E-state index in [-0.39, 0.29) is 5.56 Å². The van der Waals surface area contributed by atoms with Crippen molar-refractivity contribution in [3.8, 4) is 5.75 Å². The second-order valence-electron chi connectivity index (χ2n) is 5.28. The molecule has 1 atom stereocenters. The predicted octanol–water partition coefficient (Wildman–Crippen LogP) is 2.54. The number of ether oxygens (including phenoxy) is 2. The van der Waals surface area contributed by atoms with Crippen LogP contribution in [0.2, 0.25) is 0 Å². The molecule has 0 fully saturated rings. The Balaban J connectivity index is 2.02. The van der Waals surface area contributed by atoms with Crippen molar-refractivity contribution < 1.29 is 23.3 Å². The van der Waals surface area contributed by atoms with Gasteiger partial charge >= 0.3 is 5.97 Å². The van der Waals surface area contributed by atoms with Crippen molar-refractivity contribution in [3.05, 3.63) is 53.6 Å². The number of rotatable bonds is 6. The molecule has 0 spiro atoms. The standard InChI is InChI=1S/C18H19NO5S/c1-12-8-9-15(23-2)14(10-12)19-17(20)11-24-18(21)13-6-4-5-7-16(13)25(3)22/h4-10H,11H2,1-3H3,(H,19,20)/t25-/m1/s1. The van der Waals surface area contributed by atoms with Gasteiger partial charge in [-0.15, -0.1) is 0 Å². The van der Waals surface area contributed by atoms with Crippen molar-refractivity contribution in [1.82, 2.24) is 0 Å². The van der Waals surface area contributed by atoms with Gasteiger partial charge in [0.15, 0.2) is 6.61 Å². The van der Waals surface area contributed by atoms with Crippen LogP contribution in [0.1, 0.15) is 15.9 Å². The maximum atomic E-state index is 12.1. The van der Waals surface area contributed by atoms with Crippen LogP contribution < -0.4 is 10.1 Å². The van der Waals surface area contributed by atoms with E-state index in [1.54, 1.807) is 30.3 Å². The van der Waals surface area contributed by atoms with Crippen molar-refractivity contribution in [2.45, 2.75) is 11.8 Å². The molecular weight excluding hydrogens is 342 g/mol. The summed E-state index contributed by atoms with van der Waals surface area (Å²) in [6, 6.07) is 11.8. The van der Waals surface area contributed by atoms with E-state index in [1.165, 1.54) is 19.4 Å². The first-order valence-electron chi connectivity index (χ1n) is 7.46. The first-order valence-corrected chi connectivity index (χ1v) is 9.02. The van der Waals surface area contributed by atoms with Crippen molar-refractivity contribution in [2.24, 2.45) is 0 Å². The summed E-state index contributed by atoms with van der Waals surface area (Å²) >= 11 is 0. The van der Waals surface area contributed by atoms with Crippen LogP contribution in [0.4, 0.5) is 5.69 Å². The molecule has 2 rings (SSSR count). The van der Waals surface area contributed by atoms with E-state index < -0.39 is 29.3 Å². The second-order valence-corrected chi connectivity index (χ2v) is 6.63. The molecule has 0 unspecified atom stereocenters. The van der Waals surface area contributed by atoms with E-state index in [0.717, 1.165) is 5.56 Å². The zero-order valence-electron chi connectivity index (χ0n) is 14.2. The molecule has 0 saturated heterocycles. The molecule has 6 nitrogen and oxygen atoms in total. The number of benzene rings is 2. The predicted molar refractivity (Wildman–Crippen MR) is 95.4 cm³/mol. The van der Waals surface area contributed by atoms with Crippen LogP contribution in [-0.4, -0.2) is 36.1 Å². The number of hydrogen-bond donors (Lipinski definition) is 1. The number of methoxy groups -OCH3 is 1. The van der Waals surface area contributed by atoms with Crippen LogP contribution in [0, 0.1) is 6.92 Å². The molecule has 0 heterocycles. The average molecular weight is 361 g/mol. The van der Waals surface area contributed by atoms with Crippen molar-refractivity contribution in [1.29, 1.82) is 0 Å². The summed E-state index contributed by atoms with van der Waals surface area (Å²) in [7, 11) is 0.170. The largest absolute Gasteiger partial charge is 0.495 e. The number of amides is 1. The van der Waals surface area contributed by atoms with Gasteiger partial charge in [0, 0.05) is 6.26 Å². The molecule has 0 bridgehead atoms. The molecule has 7 heteroatoms. The minimum absolute atomic E-state index is 0.185. The molecule has 132 valence electrons. The molecule has 0 aliphatic heterocycles. The zero-order chi connectivity index (χ0) is 18.4. The Bertz CT molecular complexity index is 819. The minimum Gasteiger partial charge on any atom is -0.495 e. The summed E-state index contributed by atoms with van der Waals surface area (Å²) in [5.41, 5.74) is 1.63. The summed E-state index contributed by atoms with van der Waals surface area (Å²) in [4.78, 5) is 24.6. The number of nitrogens with one attached hydrogen (secondary N) is 1. The van der Waals surface area contributed by atoms with E-state index >= 15 is 0 Å². The second kappa shape index (κ2) is 8.43. The molecule has 2 aromatic carbocycles. The molecule has 25 heavy (non-hydrogen) atoms. The Kier molecular flexibility index (Phi) is 6.30. The quantitative estimate of drug-likeness (QED) is 0.800. The van der Waals surface area contributed by atoms with Crippen molar-refractivity contribution in [2.75, 3.05) is 25.3 Å². The number of carbonyl (C=O) groups is 2. The van der Waals surface area contributed by atoms with Crippen LogP contribution in [0.3, 0.4) is 0 Å². The lowest BCUT2D eigenvalue weighted by Crippen LogP contribution is -2.21. The maximum absolute atomic E-state index is 12.1. The Morgan fingerprint density at radius 1 is 1.16 bits per heavy atom. The smallest absolute Gasteiger partial charge is 0.339 e. The van der Waals surface area contributed by atoms with Crippen LogP contribution in [0.15, 0.2) is 47.4 Å². The first-order chi connectivity index (χ1) is 11.9. The highest BCUT2D eigenvalue weighted by Gasteiger charge is 2.16. The van der Waals surface area contributed by atoms with Gasteiger partial charge < -0.3 is 14.8 Å². The van der Waals surface area contributed by atoms with Crippen LogP contribution in [0.5, 0.6) is 5.75 Å². The summed E-state index contributed by atoms with van der Waals surface area (Å²) < 4.78 is 21.9. The van der Waals surface area contributed by atoms with Gasteiger partial charge in [-0.05, 0) is 36.8 Å². The van der Waals surface area contributed by atoms with Gasteiger partial charge in [0.05, 0.1) is 34.1 Å². The van der Waals surface area contributed by atoms with Crippen LogP contribution >= 0.6 is 0 Å².